The van der Waals surface area contributed by atoms with Crippen molar-refractivity contribution in [2.45, 2.75) is 13.0 Å². The normalized spacial score (nSPS) is 12.0. The molecule has 5 heteroatoms. The van der Waals surface area contributed by atoms with E-state index in [2.05, 4.69) is 5.32 Å². The van der Waals surface area contributed by atoms with Gasteiger partial charge in [0, 0.05) is 12.1 Å². The second-order valence-electron chi connectivity index (χ2n) is 3.69. The molecule has 0 fully saturated rings. The van der Waals surface area contributed by atoms with Crippen LogP contribution in [-0.4, -0.2) is 42.4 Å². The van der Waals surface area contributed by atoms with E-state index in [1.165, 1.54) is 14.0 Å². The van der Waals surface area contributed by atoms with Crippen molar-refractivity contribution in [3.8, 4) is 5.75 Å². The summed E-state index contributed by atoms with van der Waals surface area (Å²) in [5.74, 6) is 0.494. The van der Waals surface area contributed by atoms with Crippen molar-refractivity contribution in [1.29, 1.82) is 0 Å². The van der Waals surface area contributed by atoms with Crippen LogP contribution in [0, 0.1) is 0 Å². The van der Waals surface area contributed by atoms with E-state index in [9.17, 15) is 9.90 Å². The highest BCUT2D eigenvalue weighted by Gasteiger charge is 2.08. The fourth-order valence-corrected chi connectivity index (χ4v) is 1.35. The van der Waals surface area contributed by atoms with Gasteiger partial charge in [0.2, 0.25) is 0 Å². The first-order chi connectivity index (χ1) is 8.08. The highest BCUT2D eigenvalue weighted by molar-refractivity contribution is 5.95. The van der Waals surface area contributed by atoms with Crippen molar-refractivity contribution in [1.82, 2.24) is 0 Å². The third kappa shape index (κ3) is 3.72. The third-order valence-electron chi connectivity index (χ3n) is 2.35. The first-order valence-electron chi connectivity index (χ1n) is 5.30. The lowest BCUT2D eigenvalue weighted by molar-refractivity contribution is 0.101. The Kier molecular flexibility index (Phi) is 4.93. The number of benzene rings is 1. The number of aliphatic hydroxyl groups is 2. The van der Waals surface area contributed by atoms with Crippen LogP contribution in [0.2, 0.25) is 0 Å². The predicted octanol–water partition coefficient (Wildman–Crippen LogP) is 0.663. The van der Waals surface area contributed by atoms with Gasteiger partial charge in [-0.1, -0.05) is 0 Å². The van der Waals surface area contributed by atoms with Crippen LogP contribution in [0.25, 0.3) is 0 Å². The zero-order chi connectivity index (χ0) is 12.8. The minimum Gasteiger partial charge on any atom is -0.495 e. The Morgan fingerprint density at radius 3 is 2.76 bits per heavy atom. The molecule has 0 amide bonds. The number of nitrogens with one attached hydrogen (secondary N) is 1. The van der Waals surface area contributed by atoms with E-state index in [0.29, 0.717) is 17.0 Å². The van der Waals surface area contributed by atoms with Crippen LogP contribution in [-0.2, 0) is 0 Å². The molecule has 0 aliphatic rings. The van der Waals surface area contributed by atoms with Crippen molar-refractivity contribution < 1.29 is 19.7 Å². The number of aliphatic hydroxyl groups excluding tert-OH is 2. The Bertz CT molecular complexity index is 392. The number of Topliss-reactive ketones (excluding diaryl/α,β-unsaturated/α-hetero) is 1. The smallest absolute Gasteiger partial charge is 0.159 e. The number of ether oxygens (including phenoxy) is 1. The topological polar surface area (TPSA) is 78.8 Å². The zero-order valence-corrected chi connectivity index (χ0v) is 9.93. The number of ketones is 1. The summed E-state index contributed by atoms with van der Waals surface area (Å²) in [6.45, 7) is 1.39. The maximum Gasteiger partial charge on any atom is 0.159 e. The molecule has 0 aromatic heterocycles. The number of carbonyl (C=O) groups is 1. The van der Waals surface area contributed by atoms with Crippen LogP contribution < -0.4 is 10.1 Å². The van der Waals surface area contributed by atoms with Gasteiger partial charge in [0.05, 0.1) is 25.5 Å². The Morgan fingerprint density at radius 1 is 1.53 bits per heavy atom. The van der Waals surface area contributed by atoms with E-state index < -0.39 is 6.10 Å². The van der Waals surface area contributed by atoms with E-state index in [0.717, 1.165) is 0 Å². The van der Waals surface area contributed by atoms with Crippen LogP contribution in [0.3, 0.4) is 0 Å². The SMILES string of the molecule is COc1cc(C(C)=O)ccc1NCC(O)CO. The summed E-state index contributed by atoms with van der Waals surface area (Å²) in [6.07, 6.45) is -0.827. The van der Waals surface area contributed by atoms with Crippen molar-refractivity contribution in [2.75, 3.05) is 25.6 Å². The van der Waals surface area contributed by atoms with E-state index >= 15 is 0 Å². The van der Waals surface area contributed by atoms with Gasteiger partial charge in [0.25, 0.3) is 0 Å². The summed E-state index contributed by atoms with van der Waals surface area (Å²) in [5.41, 5.74) is 1.24. The minimum absolute atomic E-state index is 0.0368. The molecular formula is C12H17NO4. The molecule has 0 heterocycles. The van der Waals surface area contributed by atoms with Gasteiger partial charge in [-0.2, -0.15) is 0 Å². The molecule has 0 saturated carbocycles. The Balaban J connectivity index is 2.82. The molecule has 0 aliphatic carbocycles. The number of hydrogen-bond donors (Lipinski definition) is 3. The summed E-state index contributed by atoms with van der Waals surface area (Å²) in [7, 11) is 1.51. The van der Waals surface area contributed by atoms with Gasteiger partial charge in [-0.15, -0.1) is 0 Å². The van der Waals surface area contributed by atoms with E-state index in [-0.39, 0.29) is 18.9 Å². The molecule has 0 bridgehead atoms. The molecule has 3 N–H and O–H groups in total. The molecule has 17 heavy (non-hydrogen) atoms. The van der Waals surface area contributed by atoms with E-state index in [1.54, 1.807) is 18.2 Å². The third-order valence-corrected chi connectivity index (χ3v) is 2.35. The fourth-order valence-electron chi connectivity index (χ4n) is 1.35. The largest absolute Gasteiger partial charge is 0.495 e. The van der Waals surface area contributed by atoms with Crippen LogP contribution in [0.4, 0.5) is 5.69 Å². The molecule has 0 spiro atoms. The Morgan fingerprint density at radius 2 is 2.24 bits per heavy atom. The molecule has 1 unspecified atom stereocenters. The number of methoxy groups -OCH3 is 1. The fraction of sp³-hybridized carbons (Fsp3) is 0.417. The number of hydrogen-bond acceptors (Lipinski definition) is 5. The average molecular weight is 239 g/mol. The zero-order valence-electron chi connectivity index (χ0n) is 9.93. The van der Waals surface area contributed by atoms with Crippen molar-refractivity contribution in [2.24, 2.45) is 0 Å². The highest BCUT2D eigenvalue weighted by atomic mass is 16.5. The van der Waals surface area contributed by atoms with Crippen LogP contribution in [0.5, 0.6) is 5.75 Å². The van der Waals surface area contributed by atoms with Crippen molar-refractivity contribution in [3.63, 3.8) is 0 Å². The number of carbonyl (C=O) groups excluding carboxylic acids is 1. The van der Waals surface area contributed by atoms with Gasteiger partial charge in [-0.05, 0) is 25.1 Å². The molecule has 1 aromatic rings. The molecule has 0 aliphatic heterocycles. The molecule has 1 aromatic carbocycles. The van der Waals surface area contributed by atoms with Gasteiger partial charge in [-0.3, -0.25) is 4.79 Å². The van der Waals surface area contributed by atoms with Gasteiger partial charge in [0.1, 0.15) is 5.75 Å². The first-order valence-corrected chi connectivity index (χ1v) is 5.30. The van der Waals surface area contributed by atoms with Crippen LogP contribution in [0.1, 0.15) is 17.3 Å². The summed E-state index contributed by atoms with van der Waals surface area (Å²) < 4.78 is 5.14. The summed E-state index contributed by atoms with van der Waals surface area (Å²) in [4.78, 5) is 11.2. The molecule has 94 valence electrons. The number of rotatable bonds is 6. The lowest BCUT2D eigenvalue weighted by Crippen LogP contribution is -2.23. The standard InChI is InChI=1S/C12H17NO4/c1-8(15)9-3-4-11(12(5-9)17-2)13-6-10(16)7-14/h3-5,10,13-14,16H,6-7H2,1-2H3. The average Bonchev–Trinajstić information content (AvgIpc) is 2.35. The van der Waals surface area contributed by atoms with Gasteiger partial charge in [0.15, 0.2) is 5.78 Å². The van der Waals surface area contributed by atoms with E-state index in [1.807, 2.05) is 0 Å². The van der Waals surface area contributed by atoms with Gasteiger partial charge in [-0.25, -0.2) is 0 Å². The van der Waals surface area contributed by atoms with Crippen molar-refractivity contribution >= 4 is 11.5 Å². The van der Waals surface area contributed by atoms with Crippen LogP contribution in [0.15, 0.2) is 18.2 Å². The summed E-state index contributed by atoms with van der Waals surface area (Å²) in [6, 6.07) is 5.02. The van der Waals surface area contributed by atoms with E-state index in [4.69, 9.17) is 9.84 Å². The maximum absolute atomic E-state index is 11.2. The van der Waals surface area contributed by atoms with Crippen molar-refractivity contribution in [3.05, 3.63) is 23.8 Å². The highest BCUT2D eigenvalue weighted by Crippen LogP contribution is 2.25. The maximum atomic E-state index is 11.2. The monoisotopic (exact) mass is 239 g/mol. The summed E-state index contributed by atoms with van der Waals surface area (Å²) in [5, 5.41) is 20.8. The molecular weight excluding hydrogens is 222 g/mol. The molecule has 5 nitrogen and oxygen atoms in total. The van der Waals surface area contributed by atoms with Gasteiger partial charge < -0.3 is 20.3 Å². The lowest BCUT2D eigenvalue weighted by atomic mass is 10.1. The number of anilines is 1. The molecule has 0 saturated heterocycles. The molecule has 1 atom stereocenters. The molecule has 1 rings (SSSR count). The van der Waals surface area contributed by atoms with Gasteiger partial charge >= 0.3 is 0 Å². The summed E-state index contributed by atoms with van der Waals surface area (Å²) >= 11 is 0. The lowest BCUT2D eigenvalue weighted by Gasteiger charge is -2.14. The van der Waals surface area contributed by atoms with Crippen LogP contribution >= 0.6 is 0 Å². The second kappa shape index (κ2) is 6.22. The molecule has 0 radical (unpaired) electrons. The second-order valence-corrected chi connectivity index (χ2v) is 3.69. The minimum atomic E-state index is -0.827. The Hall–Kier alpha value is -1.59. The quantitative estimate of drug-likeness (QED) is 0.636. The first kappa shape index (κ1) is 13.5. The predicted molar refractivity (Wildman–Crippen MR) is 64.6 cm³/mol. The Labute approximate surface area is 100 Å².